The first kappa shape index (κ1) is 21.2. The number of benzene rings is 3. The predicted molar refractivity (Wildman–Crippen MR) is 114 cm³/mol. The van der Waals surface area contributed by atoms with Crippen LogP contribution in [0.15, 0.2) is 66.7 Å². The Hall–Kier alpha value is -2.53. The van der Waals surface area contributed by atoms with Gasteiger partial charge in [0.1, 0.15) is 11.9 Å². The van der Waals surface area contributed by atoms with Crippen LogP contribution in [-0.2, 0) is 17.8 Å². The molecule has 3 aromatic rings. The van der Waals surface area contributed by atoms with Gasteiger partial charge in [-0.15, -0.1) is 0 Å². The molecule has 0 heterocycles. The van der Waals surface area contributed by atoms with Crippen molar-refractivity contribution in [3.63, 3.8) is 0 Å². The van der Waals surface area contributed by atoms with Crippen molar-refractivity contribution < 1.29 is 19.3 Å². The van der Waals surface area contributed by atoms with Gasteiger partial charge in [-0.25, -0.2) is 4.39 Å². The molecule has 0 unspecified atom stereocenters. The van der Waals surface area contributed by atoms with E-state index in [1.165, 1.54) is 5.56 Å². The second-order valence-corrected chi connectivity index (χ2v) is 7.14. The molecular weight excluding hydrogens is 367 g/mol. The monoisotopic (exact) mass is 394 g/mol. The Morgan fingerprint density at radius 3 is 1.97 bits per heavy atom. The van der Waals surface area contributed by atoms with Crippen molar-refractivity contribution in [2.45, 2.75) is 32.5 Å². The first-order chi connectivity index (χ1) is 14.1. The van der Waals surface area contributed by atoms with Crippen molar-refractivity contribution in [3.8, 4) is 22.3 Å². The maximum Gasteiger partial charge on any atom is 0.131 e. The lowest BCUT2D eigenvalue weighted by Gasteiger charge is -2.13. The molecular formula is C25H27FO3. The highest BCUT2D eigenvalue weighted by Crippen LogP contribution is 2.28. The van der Waals surface area contributed by atoms with Crippen LogP contribution in [0.3, 0.4) is 0 Å². The lowest BCUT2D eigenvalue weighted by atomic mass is 9.98. The maximum absolute atomic E-state index is 14.8. The van der Waals surface area contributed by atoms with E-state index in [2.05, 4.69) is 19.1 Å². The van der Waals surface area contributed by atoms with Crippen molar-refractivity contribution in [2.24, 2.45) is 0 Å². The number of rotatable bonds is 9. The van der Waals surface area contributed by atoms with Crippen LogP contribution >= 0.6 is 0 Å². The first-order valence-corrected chi connectivity index (χ1v) is 9.96. The molecule has 29 heavy (non-hydrogen) atoms. The van der Waals surface area contributed by atoms with E-state index in [1.807, 2.05) is 48.5 Å². The number of aliphatic hydroxyl groups is 2. The largest absolute Gasteiger partial charge is 0.394 e. The minimum Gasteiger partial charge on any atom is -0.394 e. The summed E-state index contributed by atoms with van der Waals surface area (Å²) in [5.41, 5.74) is 5.39. The zero-order valence-electron chi connectivity index (χ0n) is 16.6. The minimum absolute atomic E-state index is 0.229. The molecule has 3 rings (SSSR count). The van der Waals surface area contributed by atoms with E-state index in [0.717, 1.165) is 35.1 Å². The van der Waals surface area contributed by atoms with Crippen LogP contribution in [0.4, 0.5) is 4.39 Å². The Balaban J connectivity index is 1.73. The molecule has 0 aromatic heterocycles. The molecule has 0 saturated heterocycles. The molecule has 0 atom stereocenters. The van der Waals surface area contributed by atoms with Gasteiger partial charge in [0.05, 0.1) is 19.8 Å². The fourth-order valence-electron chi connectivity index (χ4n) is 3.24. The van der Waals surface area contributed by atoms with Crippen LogP contribution in [0.2, 0.25) is 0 Å². The van der Waals surface area contributed by atoms with E-state index >= 15 is 0 Å². The topological polar surface area (TPSA) is 49.7 Å². The van der Waals surface area contributed by atoms with E-state index in [4.69, 9.17) is 14.9 Å². The van der Waals surface area contributed by atoms with Gasteiger partial charge in [0.25, 0.3) is 0 Å². The SMILES string of the molecule is CCCc1ccc(-c2ccc(-c3ccc(COC(CO)CO)cc3)c(F)c2)cc1. The average Bonchev–Trinajstić information content (AvgIpc) is 2.76. The Morgan fingerprint density at radius 2 is 1.38 bits per heavy atom. The first-order valence-electron chi connectivity index (χ1n) is 9.96. The van der Waals surface area contributed by atoms with Crippen molar-refractivity contribution in [1.82, 2.24) is 0 Å². The molecule has 0 bridgehead atoms. The zero-order chi connectivity index (χ0) is 20.6. The molecule has 2 N–H and O–H groups in total. The molecule has 0 aliphatic carbocycles. The Labute approximate surface area is 171 Å². The van der Waals surface area contributed by atoms with Crippen molar-refractivity contribution >= 4 is 0 Å². The summed E-state index contributed by atoms with van der Waals surface area (Å²) in [4.78, 5) is 0. The van der Waals surface area contributed by atoms with Crippen LogP contribution in [0.1, 0.15) is 24.5 Å². The molecule has 0 aliphatic heterocycles. The summed E-state index contributed by atoms with van der Waals surface area (Å²) in [5.74, 6) is -0.259. The Bertz CT molecular complexity index is 900. The van der Waals surface area contributed by atoms with Crippen LogP contribution in [-0.4, -0.2) is 29.5 Å². The molecule has 152 valence electrons. The third kappa shape index (κ3) is 5.51. The highest BCUT2D eigenvalue weighted by molar-refractivity contribution is 5.71. The highest BCUT2D eigenvalue weighted by atomic mass is 19.1. The van der Waals surface area contributed by atoms with Gasteiger partial charge in [-0.05, 0) is 40.3 Å². The van der Waals surface area contributed by atoms with Gasteiger partial charge in [0.2, 0.25) is 0 Å². The number of ether oxygens (including phenoxy) is 1. The smallest absolute Gasteiger partial charge is 0.131 e. The number of hydrogen-bond donors (Lipinski definition) is 2. The van der Waals surface area contributed by atoms with Crippen molar-refractivity contribution in [2.75, 3.05) is 13.2 Å². The normalized spacial score (nSPS) is 11.2. The lowest BCUT2D eigenvalue weighted by molar-refractivity contribution is -0.0284. The summed E-state index contributed by atoms with van der Waals surface area (Å²) < 4.78 is 20.2. The van der Waals surface area contributed by atoms with E-state index in [0.29, 0.717) is 5.56 Å². The van der Waals surface area contributed by atoms with Crippen LogP contribution in [0, 0.1) is 5.82 Å². The van der Waals surface area contributed by atoms with Gasteiger partial charge in [0, 0.05) is 5.56 Å². The Morgan fingerprint density at radius 1 is 0.793 bits per heavy atom. The number of hydrogen-bond acceptors (Lipinski definition) is 3. The minimum atomic E-state index is -0.587. The summed E-state index contributed by atoms with van der Waals surface area (Å²) in [5, 5.41) is 18.1. The molecule has 0 fully saturated rings. The second-order valence-electron chi connectivity index (χ2n) is 7.14. The summed E-state index contributed by atoms with van der Waals surface area (Å²) in [6.45, 7) is 1.98. The molecule has 3 nitrogen and oxygen atoms in total. The molecule has 3 aromatic carbocycles. The van der Waals surface area contributed by atoms with Crippen LogP contribution in [0.25, 0.3) is 22.3 Å². The van der Waals surface area contributed by atoms with Crippen LogP contribution < -0.4 is 0 Å². The molecule has 0 spiro atoms. The maximum atomic E-state index is 14.8. The van der Waals surface area contributed by atoms with Gasteiger partial charge in [-0.2, -0.15) is 0 Å². The van der Waals surface area contributed by atoms with E-state index < -0.39 is 6.10 Å². The summed E-state index contributed by atoms with van der Waals surface area (Å²) >= 11 is 0. The molecule has 0 aliphatic rings. The summed E-state index contributed by atoms with van der Waals surface area (Å²) in [6, 6.07) is 21.0. The van der Waals surface area contributed by atoms with Gasteiger partial charge in [-0.1, -0.05) is 74.0 Å². The fraction of sp³-hybridized carbons (Fsp3) is 0.280. The van der Waals surface area contributed by atoms with Gasteiger partial charge in [-0.3, -0.25) is 0 Å². The number of halogens is 1. The van der Waals surface area contributed by atoms with E-state index in [1.54, 1.807) is 6.07 Å². The molecule has 4 heteroatoms. The fourth-order valence-corrected chi connectivity index (χ4v) is 3.24. The quantitative estimate of drug-likeness (QED) is 0.538. The predicted octanol–water partition coefficient (Wildman–Crippen LogP) is 4.98. The average molecular weight is 394 g/mol. The van der Waals surface area contributed by atoms with E-state index in [9.17, 15) is 4.39 Å². The molecule has 0 amide bonds. The van der Waals surface area contributed by atoms with Crippen LogP contribution in [0.5, 0.6) is 0 Å². The van der Waals surface area contributed by atoms with Gasteiger partial charge >= 0.3 is 0 Å². The number of aryl methyl sites for hydroxylation is 1. The standard InChI is InChI=1S/C25H27FO3/c1-2-3-18-4-8-20(9-5-18)22-12-13-24(25(26)14-22)21-10-6-19(7-11-21)17-29-23(15-27)16-28/h4-14,23,27-28H,2-3,15-17H2,1H3. The zero-order valence-corrected chi connectivity index (χ0v) is 16.6. The summed E-state index contributed by atoms with van der Waals surface area (Å²) in [6.07, 6.45) is 1.57. The molecule has 0 radical (unpaired) electrons. The van der Waals surface area contributed by atoms with E-state index in [-0.39, 0.29) is 25.6 Å². The Kier molecular flexibility index (Phi) is 7.53. The van der Waals surface area contributed by atoms with Crippen molar-refractivity contribution in [3.05, 3.63) is 83.7 Å². The lowest BCUT2D eigenvalue weighted by Crippen LogP contribution is -2.21. The van der Waals surface area contributed by atoms with Gasteiger partial charge < -0.3 is 14.9 Å². The molecule has 0 saturated carbocycles. The highest BCUT2D eigenvalue weighted by Gasteiger charge is 2.09. The second kappa shape index (κ2) is 10.3. The third-order valence-electron chi connectivity index (χ3n) is 4.95. The van der Waals surface area contributed by atoms with Crippen molar-refractivity contribution in [1.29, 1.82) is 0 Å². The third-order valence-corrected chi connectivity index (χ3v) is 4.95. The van der Waals surface area contributed by atoms with Gasteiger partial charge in [0.15, 0.2) is 0 Å². The number of aliphatic hydroxyl groups excluding tert-OH is 2. The summed E-state index contributed by atoms with van der Waals surface area (Å²) in [7, 11) is 0.